The Morgan fingerprint density at radius 1 is 1.29 bits per heavy atom. The van der Waals surface area contributed by atoms with E-state index in [1.165, 1.54) is 13.3 Å². The molecule has 2 fully saturated rings. The topological polar surface area (TPSA) is 104 Å². The van der Waals surface area contributed by atoms with Crippen LogP contribution in [-0.4, -0.2) is 61.1 Å². The lowest BCUT2D eigenvalue weighted by atomic mass is 10.1. The number of rotatable bonds is 4. The molecule has 2 heterocycles. The standard InChI is InChI=1S/C18H20FN3O4.CH4O/c1-26-17-14-11(8-13(19)15(17)21-6-4-20-5-7-21)16(23)12(18(24)25)9-22(14)10-2-3-10;1-2/h8-10,20H,2-7H2,1H3,(H,24,25);2H,1H3. The lowest BCUT2D eigenvalue weighted by Crippen LogP contribution is -2.44. The summed E-state index contributed by atoms with van der Waals surface area (Å²) in [4.78, 5) is 26.0. The average Bonchev–Trinajstić information content (AvgIpc) is 3.55. The Balaban J connectivity index is 0.00000109. The number of ether oxygens (including phenoxy) is 1. The van der Waals surface area contributed by atoms with Crippen molar-refractivity contribution in [2.75, 3.05) is 45.3 Å². The molecule has 4 rings (SSSR count). The van der Waals surface area contributed by atoms with Crippen molar-refractivity contribution >= 4 is 22.6 Å². The summed E-state index contributed by atoms with van der Waals surface area (Å²) in [5.41, 5.74) is -0.229. The number of carboxylic acid groups (broad SMARTS) is 1. The van der Waals surface area contributed by atoms with Gasteiger partial charge in [0.1, 0.15) is 11.3 Å². The van der Waals surface area contributed by atoms with Gasteiger partial charge in [-0.05, 0) is 18.9 Å². The first-order chi connectivity index (χ1) is 13.5. The Bertz CT molecular complexity index is 949. The third-order valence-electron chi connectivity index (χ3n) is 5.01. The summed E-state index contributed by atoms with van der Waals surface area (Å²) in [6, 6.07) is 1.26. The van der Waals surface area contributed by atoms with Gasteiger partial charge in [0.25, 0.3) is 0 Å². The highest BCUT2D eigenvalue weighted by atomic mass is 19.1. The summed E-state index contributed by atoms with van der Waals surface area (Å²) in [6.07, 6.45) is 3.15. The SMILES string of the molecule is CO.COc1c(N2CCNCC2)c(F)cc2c(=O)c(C(=O)O)cn(C3CC3)c12. The van der Waals surface area contributed by atoms with Crippen LogP contribution in [0.2, 0.25) is 0 Å². The van der Waals surface area contributed by atoms with Gasteiger partial charge < -0.3 is 29.7 Å². The lowest BCUT2D eigenvalue weighted by molar-refractivity contribution is 0.0695. The normalized spacial score (nSPS) is 16.5. The zero-order valence-electron chi connectivity index (χ0n) is 15.9. The number of piperazine rings is 1. The van der Waals surface area contributed by atoms with Crippen LogP contribution >= 0.6 is 0 Å². The number of methoxy groups -OCH3 is 1. The molecule has 0 atom stereocenters. The van der Waals surface area contributed by atoms with E-state index in [1.54, 1.807) is 4.57 Å². The van der Waals surface area contributed by atoms with Crippen LogP contribution in [-0.2, 0) is 0 Å². The second kappa shape index (κ2) is 8.15. The van der Waals surface area contributed by atoms with E-state index in [4.69, 9.17) is 9.84 Å². The van der Waals surface area contributed by atoms with Crippen molar-refractivity contribution in [1.29, 1.82) is 0 Å². The minimum atomic E-state index is -1.31. The second-order valence-electron chi connectivity index (χ2n) is 6.69. The molecule has 1 aromatic carbocycles. The van der Waals surface area contributed by atoms with Crippen molar-refractivity contribution in [2.24, 2.45) is 0 Å². The monoisotopic (exact) mass is 393 g/mol. The minimum Gasteiger partial charge on any atom is -0.492 e. The molecule has 152 valence electrons. The largest absolute Gasteiger partial charge is 0.492 e. The Morgan fingerprint density at radius 2 is 1.93 bits per heavy atom. The number of aliphatic hydroxyl groups excluding tert-OH is 1. The molecule has 2 aromatic rings. The van der Waals surface area contributed by atoms with E-state index in [2.05, 4.69) is 5.32 Å². The number of aromatic carboxylic acids is 1. The number of anilines is 1. The minimum absolute atomic E-state index is 0.0463. The number of pyridine rings is 1. The van der Waals surface area contributed by atoms with Gasteiger partial charge in [-0.1, -0.05) is 0 Å². The van der Waals surface area contributed by atoms with E-state index in [0.717, 1.165) is 39.1 Å². The molecule has 1 saturated heterocycles. The number of carbonyl (C=O) groups is 1. The van der Waals surface area contributed by atoms with Crippen LogP contribution in [0.3, 0.4) is 0 Å². The van der Waals surface area contributed by atoms with Crippen molar-refractivity contribution in [3.8, 4) is 5.75 Å². The van der Waals surface area contributed by atoms with Crippen LogP contribution in [0.5, 0.6) is 5.75 Å². The molecule has 1 saturated carbocycles. The fourth-order valence-electron chi connectivity index (χ4n) is 3.61. The second-order valence-corrected chi connectivity index (χ2v) is 6.69. The summed E-state index contributed by atoms with van der Waals surface area (Å²) in [5.74, 6) is -1.59. The summed E-state index contributed by atoms with van der Waals surface area (Å²) >= 11 is 0. The maximum Gasteiger partial charge on any atom is 0.341 e. The number of hydrogen-bond donors (Lipinski definition) is 3. The number of nitrogens with zero attached hydrogens (tertiary/aromatic N) is 2. The Kier molecular flexibility index (Phi) is 5.85. The summed E-state index contributed by atoms with van der Waals surface area (Å²) < 4.78 is 22.3. The van der Waals surface area contributed by atoms with Crippen molar-refractivity contribution in [3.05, 3.63) is 33.9 Å². The van der Waals surface area contributed by atoms with E-state index in [0.29, 0.717) is 30.0 Å². The van der Waals surface area contributed by atoms with Gasteiger partial charge in [-0.25, -0.2) is 9.18 Å². The Morgan fingerprint density at radius 3 is 2.46 bits per heavy atom. The highest BCUT2D eigenvalue weighted by molar-refractivity contribution is 5.97. The van der Waals surface area contributed by atoms with Crippen LogP contribution in [0.15, 0.2) is 17.1 Å². The van der Waals surface area contributed by atoms with Gasteiger partial charge in [-0.2, -0.15) is 0 Å². The molecular weight excluding hydrogens is 369 g/mol. The number of halogens is 1. The van der Waals surface area contributed by atoms with Gasteiger partial charge in [0.15, 0.2) is 11.6 Å². The predicted molar refractivity (Wildman–Crippen MR) is 103 cm³/mol. The van der Waals surface area contributed by atoms with Crippen LogP contribution in [0.25, 0.3) is 10.9 Å². The molecule has 0 radical (unpaired) electrons. The number of nitrogens with one attached hydrogen (secondary N) is 1. The average molecular weight is 393 g/mol. The van der Waals surface area contributed by atoms with Crippen LogP contribution in [0, 0.1) is 5.82 Å². The van der Waals surface area contributed by atoms with Gasteiger partial charge in [0, 0.05) is 45.5 Å². The Hall–Kier alpha value is -2.65. The molecule has 28 heavy (non-hydrogen) atoms. The third kappa shape index (κ3) is 3.43. The molecule has 0 amide bonds. The first-order valence-corrected chi connectivity index (χ1v) is 9.12. The highest BCUT2D eigenvalue weighted by Crippen LogP contribution is 2.43. The summed E-state index contributed by atoms with van der Waals surface area (Å²) in [7, 11) is 2.45. The number of hydrogen-bond acceptors (Lipinski definition) is 6. The first-order valence-electron chi connectivity index (χ1n) is 9.12. The molecule has 0 spiro atoms. The van der Waals surface area contributed by atoms with Crippen molar-refractivity contribution in [3.63, 3.8) is 0 Å². The van der Waals surface area contributed by atoms with Crippen molar-refractivity contribution in [1.82, 2.24) is 9.88 Å². The molecule has 9 heteroatoms. The maximum atomic E-state index is 15.0. The van der Waals surface area contributed by atoms with Gasteiger partial charge in [0.2, 0.25) is 5.43 Å². The van der Waals surface area contributed by atoms with E-state index in [9.17, 15) is 19.1 Å². The van der Waals surface area contributed by atoms with Gasteiger partial charge in [0.05, 0.1) is 18.0 Å². The molecule has 1 aliphatic carbocycles. The quantitative estimate of drug-likeness (QED) is 0.717. The smallest absolute Gasteiger partial charge is 0.341 e. The number of benzene rings is 1. The molecule has 2 aliphatic rings. The number of carboxylic acids is 1. The lowest BCUT2D eigenvalue weighted by Gasteiger charge is -2.31. The molecule has 1 aliphatic heterocycles. The van der Waals surface area contributed by atoms with Gasteiger partial charge in [-0.15, -0.1) is 0 Å². The van der Waals surface area contributed by atoms with E-state index < -0.39 is 17.2 Å². The molecule has 0 unspecified atom stereocenters. The van der Waals surface area contributed by atoms with Crippen LogP contribution in [0.1, 0.15) is 29.2 Å². The number of aromatic nitrogens is 1. The molecule has 3 N–H and O–H groups in total. The highest BCUT2D eigenvalue weighted by Gasteiger charge is 2.31. The zero-order valence-corrected chi connectivity index (χ0v) is 15.9. The predicted octanol–water partition coefficient (Wildman–Crippen LogP) is 1.20. The molecule has 1 aromatic heterocycles. The summed E-state index contributed by atoms with van der Waals surface area (Å²) in [6.45, 7) is 2.71. The molecular formula is C19H24FN3O5. The molecule has 8 nitrogen and oxygen atoms in total. The van der Waals surface area contributed by atoms with E-state index in [1.807, 2.05) is 4.90 Å². The Labute approximate surface area is 161 Å². The number of fused-ring (bicyclic) bond motifs is 1. The van der Waals surface area contributed by atoms with Crippen molar-refractivity contribution in [2.45, 2.75) is 18.9 Å². The van der Waals surface area contributed by atoms with Gasteiger partial charge in [-0.3, -0.25) is 4.79 Å². The van der Waals surface area contributed by atoms with Crippen LogP contribution in [0.4, 0.5) is 10.1 Å². The first kappa shape index (κ1) is 20.1. The van der Waals surface area contributed by atoms with Crippen LogP contribution < -0.4 is 20.4 Å². The van der Waals surface area contributed by atoms with E-state index in [-0.39, 0.29) is 17.0 Å². The molecule has 0 bridgehead atoms. The zero-order chi connectivity index (χ0) is 20.4. The number of aliphatic hydroxyl groups is 1. The maximum absolute atomic E-state index is 15.0. The summed E-state index contributed by atoms with van der Waals surface area (Å²) in [5, 5.41) is 19.6. The van der Waals surface area contributed by atoms with Gasteiger partial charge >= 0.3 is 5.97 Å². The fourth-order valence-corrected chi connectivity index (χ4v) is 3.61. The fraction of sp³-hybridized carbons (Fsp3) is 0.474. The van der Waals surface area contributed by atoms with Crippen molar-refractivity contribution < 1.29 is 24.1 Å². The van der Waals surface area contributed by atoms with E-state index >= 15 is 0 Å². The third-order valence-corrected chi connectivity index (χ3v) is 5.01.